The molecular weight excluding hydrogens is 350 g/mol. The van der Waals surface area contributed by atoms with Gasteiger partial charge in [0.05, 0.1) is 17.7 Å². The summed E-state index contributed by atoms with van der Waals surface area (Å²) in [6, 6.07) is 9.28. The lowest BCUT2D eigenvalue weighted by molar-refractivity contribution is -0.385. The van der Waals surface area contributed by atoms with Gasteiger partial charge in [-0.3, -0.25) is 19.7 Å². The molecule has 2 amide bonds. The summed E-state index contributed by atoms with van der Waals surface area (Å²) in [5, 5.41) is 13.6. The number of benzene rings is 2. The normalized spacial score (nSPS) is 13.6. The lowest BCUT2D eigenvalue weighted by Crippen LogP contribution is -2.24. The lowest BCUT2D eigenvalue weighted by atomic mass is 10.1. The Morgan fingerprint density at radius 3 is 2.63 bits per heavy atom. The van der Waals surface area contributed by atoms with Crippen LogP contribution in [-0.2, 0) is 4.79 Å². The van der Waals surface area contributed by atoms with Gasteiger partial charge in [-0.25, -0.2) is 0 Å². The molecule has 8 nitrogen and oxygen atoms in total. The minimum atomic E-state index is -0.486. The number of rotatable bonds is 5. The van der Waals surface area contributed by atoms with Crippen LogP contribution in [0.1, 0.15) is 28.8 Å². The molecule has 8 heteroatoms. The maximum absolute atomic E-state index is 12.5. The summed E-state index contributed by atoms with van der Waals surface area (Å²) in [6.07, 6.45) is 1.32. The molecule has 27 heavy (non-hydrogen) atoms. The second kappa shape index (κ2) is 7.45. The van der Waals surface area contributed by atoms with Gasteiger partial charge in [0.2, 0.25) is 5.91 Å². The van der Waals surface area contributed by atoms with Crippen LogP contribution < -0.4 is 15.0 Å². The Morgan fingerprint density at radius 1 is 1.26 bits per heavy atom. The first-order valence-electron chi connectivity index (χ1n) is 8.45. The second-order valence-corrected chi connectivity index (χ2v) is 6.25. The van der Waals surface area contributed by atoms with Crippen LogP contribution in [-0.4, -0.2) is 30.4 Å². The van der Waals surface area contributed by atoms with Crippen LogP contribution in [0, 0.1) is 17.0 Å². The molecule has 0 spiro atoms. The molecule has 0 bridgehead atoms. The Hall–Kier alpha value is -3.42. The van der Waals surface area contributed by atoms with E-state index in [1.165, 1.54) is 25.3 Å². The average Bonchev–Trinajstić information content (AvgIpc) is 3.06. The van der Waals surface area contributed by atoms with Crippen LogP contribution in [0.15, 0.2) is 36.4 Å². The van der Waals surface area contributed by atoms with E-state index < -0.39 is 4.92 Å². The maximum Gasteiger partial charge on any atom is 0.272 e. The molecule has 0 aliphatic carbocycles. The molecule has 140 valence electrons. The summed E-state index contributed by atoms with van der Waals surface area (Å²) in [6.45, 7) is 2.22. The standard InChI is InChI=1S/C19H19N3O5/c1-12-10-13(5-7-15(12)22(25)26)19(24)20-14-6-8-16(17(11-14)27-2)21-9-3-4-18(21)23/h5-8,10-11H,3-4,9H2,1-2H3,(H,20,24). The summed E-state index contributed by atoms with van der Waals surface area (Å²) in [4.78, 5) is 36.5. The molecule has 0 radical (unpaired) electrons. The van der Waals surface area contributed by atoms with Gasteiger partial charge in [0.15, 0.2) is 0 Å². The van der Waals surface area contributed by atoms with Crippen molar-refractivity contribution in [3.05, 3.63) is 57.6 Å². The van der Waals surface area contributed by atoms with Crippen molar-refractivity contribution in [3.8, 4) is 5.75 Å². The smallest absolute Gasteiger partial charge is 0.272 e. The van der Waals surface area contributed by atoms with Crippen molar-refractivity contribution in [2.75, 3.05) is 23.9 Å². The number of nitrogens with zero attached hydrogens (tertiary/aromatic N) is 2. The van der Waals surface area contributed by atoms with Crippen LogP contribution in [0.25, 0.3) is 0 Å². The summed E-state index contributed by atoms with van der Waals surface area (Å²) in [5.41, 5.74) is 1.87. The van der Waals surface area contributed by atoms with Crippen LogP contribution in [0.3, 0.4) is 0 Å². The molecule has 1 N–H and O–H groups in total. The molecule has 0 saturated carbocycles. The highest BCUT2D eigenvalue weighted by Gasteiger charge is 2.24. The van der Waals surface area contributed by atoms with E-state index in [2.05, 4.69) is 5.32 Å². The molecule has 0 unspecified atom stereocenters. The molecule has 1 saturated heterocycles. The number of aryl methyl sites for hydroxylation is 1. The quantitative estimate of drug-likeness (QED) is 0.644. The summed E-state index contributed by atoms with van der Waals surface area (Å²) in [5.74, 6) is 0.148. The number of hydrogen-bond acceptors (Lipinski definition) is 5. The zero-order chi connectivity index (χ0) is 19.6. The molecule has 0 aromatic heterocycles. The Morgan fingerprint density at radius 2 is 2.04 bits per heavy atom. The number of methoxy groups -OCH3 is 1. The van der Waals surface area contributed by atoms with Crippen LogP contribution in [0.5, 0.6) is 5.75 Å². The Bertz CT molecular complexity index is 926. The van der Waals surface area contributed by atoms with Crippen molar-refractivity contribution in [1.82, 2.24) is 0 Å². The van der Waals surface area contributed by atoms with Gasteiger partial charge in [-0.2, -0.15) is 0 Å². The van der Waals surface area contributed by atoms with Crippen LogP contribution >= 0.6 is 0 Å². The largest absolute Gasteiger partial charge is 0.494 e. The number of hydrogen-bond donors (Lipinski definition) is 1. The Kier molecular flexibility index (Phi) is 5.07. The molecule has 0 atom stereocenters. The lowest BCUT2D eigenvalue weighted by Gasteiger charge is -2.19. The van der Waals surface area contributed by atoms with Crippen molar-refractivity contribution < 1.29 is 19.2 Å². The molecule has 2 aromatic rings. The minimum absolute atomic E-state index is 0.0344. The van der Waals surface area contributed by atoms with E-state index in [1.54, 1.807) is 30.0 Å². The third kappa shape index (κ3) is 3.74. The molecule has 1 aliphatic heterocycles. The molecule has 2 aromatic carbocycles. The first kappa shape index (κ1) is 18.4. The van der Waals surface area contributed by atoms with Gasteiger partial charge in [0.25, 0.3) is 11.6 Å². The van der Waals surface area contributed by atoms with Crippen LogP contribution in [0.4, 0.5) is 17.1 Å². The average molecular weight is 369 g/mol. The van der Waals surface area contributed by atoms with Gasteiger partial charge < -0.3 is 15.0 Å². The fraction of sp³-hybridized carbons (Fsp3) is 0.263. The summed E-state index contributed by atoms with van der Waals surface area (Å²) >= 11 is 0. The predicted octanol–water partition coefficient (Wildman–Crippen LogP) is 3.29. The Labute approximate surface area is 155 Å². The topological polar surface area (TPSA) is 102 Å². The van der Waals surface area contributed by atoms with Crippen molar-refractivity contribution in [2.24, 2.45) is 0 Å². The van der Waals surface area contributed by atoms with Crippen molar-refractivity contribution >= 4 is 28.9 Å². The second-order valence-electron chi connectivity index (χ2n) is 6.25. The number of ether oxygens (including phenoxy) is 1. The first-order valence-corrected chi connectivity index (χ1v) is 8.45. The van der Waals surface area contributed by atoms with Crippen molar-refractivity contribution in [1.29, 1.82) is 0 Å². The fourth-order valence-electron chi connectivity index (χ4n) is 3.09. The van der Waals surface area contributed by atoms with Gasteiger partial charge in [0.1, 0.15) is 5.75 Å². The Balaban J connectivity index is 1.81. The number of nitro benzene ring substituents is 1. The molecule has 3 rings (SSSR count). The van der Waals surface area contributed by atoms with Gasteiger partial charge >= 0.3 is 0 Å². The van der Waals surface area contributed by atoms with E-state index >= 15 is 0 Å². The van der Waals surface area contributed by atoms with Crippen LogP contribution in [0.2, 0.25) is 0 Å². The monoisotopic (exact) mass is 369 g/mol. The van der Waals surface area contributed by atoms with E-state index in [0.29, 0.717) is 41.2 Å². The third-order valence-electron chi connectivity index (χ3n) is 4.46. The summed E-state index contributed by atoms with van der Waals surface area (Å²) in [7, 11) is 1.50. The summed E-state index contributed by atoms with van der Waals surface area (Å²) < 4.78 is 5.38. The maximum atomic E-state index is 12.5. The highest BCUT2D eigenvalue weighted by Crippen LogP contribution is 2.34. The highest BCUT2D eigenvalue weighted by atomic mass is 16.6. The zero-order valence-electron chi connectivity index (χ0n) is 15.0. The number of nitro groups is 1. The first-order chi connectivity index (χ1) is 12.9. The number of carbonyl (C=O) groups excluding carboxylic acids is 2. The molecule has 1 heterocycles. The van der Waals surface area contributed by atoms with Gasteiger partial charge in [-0.15, -0.1) is 0 Å². The number of carbonyl (C=O) groups is 2. The zero-order valence-corrected chi connectivity index (χ0v) is 15.0. The molecular formula is C19H19N3O5. The van der Waals surface area contributed by atoms with E-state index in [9.17, 15) is 19.7 Å². The number of amides is 2. The van der Waals surface area contributed by atoms with Crippen molar-refractivity contribution in [2.45, 2.75) is 19.8 Å². The van der Waals surface area contributed by atoms with Gasteiger partial charge in [-0.1, -0.05) is 0 Å². The van der Waals surface area contributed by atoms with Crippen molar-refractivity contribution in [3.63, 3.8) is 0 Å². The van der Waals surface area contributed by atoms with Gasteiger partial charge in [0, 0.05) is 41.9 Å². The third-order valence-corrected chi connectivity index (χ3v) is 4.46. The molecule has 1 aliphatic rings. The van der Waals surface area contributed by atoms with E-state index in [1.807, 2.05) is 0 Å². The fourth-order valence-corrected chi connectivity index (χ4v) is 3.09. The van der Waals surface area contributed by atoms with Gasteiger partial charge in [-0.05, 0) is 37.6 Å². The predicted molar refractivity (Wildman–Crippen MR) is 100 cm³/mol. The highest BCUT2D eigenvalue weighted by molar-refractivity contribution is 6.05. The minimum Gasteiger partial charge on any atom is -0.494 e. The number of anilines is 2. The van der Waals surface area contributed by atoms with E-state index in [4.69, 9.17) is 4.74 Å². The molecule has 1 fully saturated rings. The SMILES string of the molecule is COc1cc(NC(=O)c2ccc([N+](=O)[O-])c(C)c2)ccc1N1CCCC1=O. The van der Waals surface area contributed by atoms with E-state index in [0.717, 1.165) is 6.42 Å². The number of nitrogens with one attached hydrogen (secondary N) is 1. The van der Waals surface area contributed by atoms with E-state index in [-0.39, 0.29) is 17.5 Å².